The number of hydrogen-bond acceptors (Lipinski definition) is 4. The van der Waals surface area contributed by atoms with E-state index < -0.39 is 6.04 Å². The highest BCUT2D eigenvalue weighted by molar-refractivity contribution is 7.99. The third kappa shape index (κ3) is 6.31. The second-order valence-electron chi connectivity index (χ2n) is 6.65. The largest absolute Gasteiger partial charge is 0.494 e. The average Bonchev–Trinajstić information content (AvgIpc) is 3.16. The molecular weight excluding hydrogens is 360 g/mol. The summed E-state index contributed by atoms with van der Waals surface area (Å²) in [5, 5.41) is 2.97. The van der Waals surface area contributed by atoms with Gasteiger partial charge in [0.25, 0.3) is 5.91 Å². The summed E-state index contributed by atoms with van der Waals surface area (Å²) in [6.45, 7) is 7.07. The minimum Gasteiger partial charge on any atom is -0.494 e. The van der Waals surface area contributed by atoms with E-state index in [4.69, 9.17) is 4.74 Å². The van der Waals surface area contributed by atoms with Crippen LogP contribution in [0, 0.1) is 0 Å². The highest BCUT2D eigenvalue weighted by atomic mass is 32.2. The first-order valence-corrected chi connectivity index (χ1v) is 10.8. The van der Waals surface area contributed by atoms with Crippen molar-refractivity contribution in [1.82, 2.24) is 10.2 Å². The molecule has 1 aliphatic rings. The van der Waals surface area contributed by atoms with E-state index in [0.29, 0.717) is 30.4 Å². The van der Waals surface area contributed by atoms with Crippen molar-refractivity contribution in [2.45, 2.75) is 52.6 Å². The van der Waals surface area contributed by atoms with Gasteiger partial charge in [-0.05, 0) is 37.5 Å². The molecule has 0 aliphatic carbocycles. The summed E-state index contributed by atoms with van der Waals surface area (Å²) in [4.78, 5) is 26.9. The maximum Gasteiger partial charge on any atom is 0.250 e. The van der Waals surface area contributed by atoms with Gasteiger partial charge in [0.1, 0.15) is 11.8 Å². The number of carbonyl (C=O) groups excluding carboxylic acids is 2. The van der Waals surface area contributed by atoms with Crippen molar-refractivity contribution in [2.75, 3.05) is 18.2 Å². The number of thioether (sulfide) groups is 1. The standard InChI is InChI=1S/C21H30N2O3S/c1-4-6-11-26-18-10-7-9-17(12-18)13-22-20(24)19-14-27-15-23(19)21(25)16(3)8-5-2/h7-10,12,19H,4-6,11,13-15H2,1-3H3,(H,22,24). The van der Waals surface area contributed by atoms with E-state index in [0.717, 1.165) is 30.6 Å². The monoisotopic (exact) mass is 390 g/mol. The van der Waals surface area contributed by atoms with Gasteiger partial charge >= 0.3 is 0 Å². The molecule has 1 heterocycles. The fourth-order valence-corrected chi connectivity index (χ4v) is 4.02. The fraction of sp³-hybridized carbons (Fsp3) is 0.524. The van der Waals surface area contributed by atoms with E-state index in [2.05, 4.69) is 12.2 Å². The zero-order valence-electron chi connectivity index (χ0n) is 16.5. The predicted molar refractivity (Wildman–Crippen MR) is 111 cm³/mol. The normalized spacial score (nSPS) is 17.1. The number of rotatable bonds is 9. The third-order valence-electron chi connectivity index (χ3n) is 4.43. The van der Waals surface area contributed by atoms with Crippen molar-refractivity contribution in [3.63, 3.8) is 0 Å². The van der Waals surface area contributed by atoms with Gasteiger partial charge in [0.05, 0.1) is 12.5 Å². The lowest BCUT2D eigenvalue weighted by Gasteiger charge is -2.23. The van der Waals surface area contributed by atoms with Crippen LogP contribution in [-0.4, -0.2) is 41.0 Å². The Balaban J connectivity index is 1.92. The molecule has 0 aromatic heterocycles. The molecule has 1 atom stereocenters. The number of unbranched alkanes of at least 4 members (excludes halogenated alkanes) is 1. The second-order valence-corrected chi connectivity index (χ2v) is 7.65. The van der Waals surface area contributed by atoms with Crippen molar-refractivity contribution in [1.29, 1.82) is 0 Å². The molecule has 2 rings (SSSR count). The van der Waals surface area contributed by atoms with Crippen LogP contribution >= 0.6 is 11.8 Å². The van der Waals surface area contributed by atoms with Gasteiger partial charge in [-0.1, -0.05) is 38.5 Å². The van der Waals surface area contributed by atoms with Gasteiger partial charge in [0.15, 0.2) is 0 Å². The molecule has 1 aromatic carbocycles. The Morgan fingerprint density at radius 3 is 2.93 bits per heavy atom. The Labute approximate surface area is 166 Å². The molecule has 27 heavy (non-hydrogen) atoms. The van der Waals surface area contributed by atoms with E-state index in [-0.39, 0.29) is 11.8 Å². The quantitative estimate of drug-likeness (QED) is 0.515. The molecule has 5 nitrogen and oxygen atoms in total. The molecule has 0 bridgehead atoms. The minimum atomic E-state index is -0.410. The highest BCUT2D eigenvalue weighted by Gasteiger charge is 2.34. The number of amides is 2. The molecule has 1 unspecified atom stereocenters. The molecule has 1 fully saturated rings. The lowest BCUT2D eigenvalue weighted by molar-refractivity contribution is -0.135. The van der Waals surface area contributed by atoms with Crippen LogP contribution in [0.2, 0.25) is 0 Å². The number of carbonyl (C=O) groups is 2. The fourth-order valence-electron chi connectivity index (χ4n) is 2.87. The molecule has 6 heteroatoms. The summed E-state index contributed by atoms with van der Waals surface area (Å²) < 4.78 is 5.72. The number of nitrogens with one attached hydrogen (secondary N) is 1. The topological polar surface area (TPSA) is 58.6 Å². The molecule has 0 saturated carbocycles. The lowest BCUT2D eigenvalue weighted by Crippen LogP contribution is -2.47. The lowest BCUT2D eigenvalue weighted by atomic mass is 10.1. The smallest absolute Gasteiger partial charge is 0.250 e. The van der Waals surface area contributed by atoms with Crippen LogP contribution in [0.3, 0.4) is 0 Å². The van der Waals surface area contributed by atoms with E-state index in [1.54, 1.807) is 16.7 Å². The number of hydrogen-bond donors (Lipinski definition) is 1. The minimum absolute atomic E-state index is 0.0479. The summed E-state index contributed by atoms with van der Waals surface area (Å²) in [6.07, 6.45) is 4.84. The van der Waals surface area contributed by atoms with Crippen molar-refractivity contribution < 1.29 is 14.3 Å². The summed E-state index contributed by atoms with van der Waals surface area (Å²) in [5.41, 5.74) is 1.69. The number of ether oxygens (including phenoxy) is 1. The number of nitrogens with zero attached hydrogens (tertiary/aromatic N) is 1. The van der Waals surface area contributed by atoms with Crippen LogP contribution in [0.15, 0.2) is 35.9 Å². The van der Waals surface area contributed by atoms with Crippen molar-refractivity contribution in [2.24, 2.45) is 0 Å². The summed E-state index contributed by atoms with van der Waals surface area (Å²) in [7, 11) is 0. The maximum atomic E-state index is 12.6. The predicted octanol–water partition coefficient (Wildman–Crippen LogP) is 3.74. The Bertz CT molecular complexity index is 675. The van der Waals surface area contributed by atoms with Gasteiger partial charge in [-0.15, -0.1) is 11.8 Å². The van der Waals surface area contributed by atoms with Crippen LogP contribution < -0.4 is 10.1 Å². The molecule has 0 radical (unpaired) electrons. The average molecular weight is 391 g/mol. The molecule has 1 saturated heterocycles. The van der Waals surface area contributed by atoms with Crippen LogP contribution in [0.5, 0.6) is 5.75 Å². The first kappa shape index (κ1) is 21.4. The first-order chi connectivity index (χ1) is 13.1. The van der Waals surface area contributed by atoms with E-state index in [1.807, 2.05) is 44.2 Å². The van der Waals surface area contributed by atoms with E-state index >= 15 is 0 Å². The van der Waals surface area contributed by atoms with Gasteiger partial charge in [-0.3, -0.25) is 9.59 Å². The Kier molecular flexibility index (Phi) is 8.72. The summed E-state index contributed by atoms with van der Waals surface area (Å²) >= 11 is 1.61. The number of allylic oxidation sites excluding steroid dienone is 1. The molecule has 1 aliphatic heterocycles. The molecule has 0 spiro atoms. The van der Waals surface area contributed by atoms with E-state index in [1.165, 1.54) is 0 Å². The van der Waals surface area contributed by atoms with Gasteiger partial charge in [0.2, 0.25) is 5.91 Å². The SMILES string of the molecule is CCC=C(C)C(=O)N1CSCC1C(=O)NCc1cccc(OCCCC)c1. The molecule has 1 aromatic rings. The molecule has 2 amide bonds. The zero-order valence-corrected chi connectivity index (χ0v) is 17.3. The first-order valence-electron chi connectivity index (χ1n) is 9.61. The highest BCUT2D eigenvalue weighted by Crippen LogP contribution is 2.23. The van der Waals surface area contributed by atoms with Gasteiger partial charge in [0, 0.05) is 17.9 Å². The second kappa shape index (κ2) is 11.0. The van der Waals surface area contributed by atoms with Crippen LogP contribution in [0.25, 0.3) is 0 Å². The Hall–Kier alpha value is -1.95. The Morgan fingerprint density at radius 2 is 2.19 bits per heavy atom. The van der Waals surface area contributed by atoms with Crippen molar-refractivity contribution >= 4 is 23.6 Å². The van der Waals surface area contributed by atoms with Crippen LogP contribution in [0.4, 0.5) is 0 Å². The third-order valence-corrected chi connectivity index (χ3v) is 5.44. The maximum absolute atomic E-state index is 12.6. The van der Waals surface area contributed by atoms with Gasteiger partial charge in [-0.2, -0.15) is 0 Å². The molecule has 1 N–H and O–H groups in total. The molecular formula is C21H30N2O3S. The zero-order chi connectivity index (χ0) is 19.6. The summed E-state index contributed by atoms with van der Waals surface area (Å²) in [6, 6.07) is 7.37. The Morgan fingerprint density at radius 1 is 1.37 bits per heavy atom. The van der Waals surface area contributed by atoms with Crippen LogP contribution in [0.1, 0.15) is 45.6 Å². The molecule has 148 valence electrons. The van der Waals surface area contributed by atoms with Gasteiger partial charge in [-0.25, -0.2) is 0 Å². The van der Waals surface area contributed by atoms with Crippen LogP contribution in [-0.2, 0) is 16.1 Å². The summed E-state index contributed by atoms with van der Waals surface area (Å²) in [5.74, 6) is 1.87. The van der Waals surface area contributed by atoms with E-state index in [9.17, 15) is 9.59 Å². The van der Waals surface area contributed by atoms with Crippen molar-refractivity contribution in [3.8, 4) is 5.75 Å². The number of benzene rings is 1. The van der Waals surface area contributed by atoms with Crippen molar-refractivity contribution in [3.05, 3.63) is 41.5 Å². The van der Waals surface area contributed by atoms with Gasteiger partial charge < -0.3 is 15.0 Å².